The zero-order chi connectivity index (χ0) is 26.1. The fourth-order valence-corrected chi connectivity index (χ4v) is 4.64. The van der Waals surface area contributed by atoms with E-state index in [2.05, 4.69) is 36.6 Å². The Balaban J connectivity index is 1.45. The van der Waals surface area contributed by atoms with Gasteiger partial charge in [-0.05, 0) is 66.6 Å². The molecule has 4 N–H and O–H groups in total. The van der Waals surface area contributed by atoms with Crippen molar-refractivity contribution in [2.24, 2.45) is 0 Å². The summed E-state index contributed by atoms with van der Waals surface area (Å²) in [5, 5.41) is 26.7. The standard InChI is InChI=1S/C29H34Cl2N2O3/c1-19(23-10-11-28(35)24(15-23)18-34)16-32-20(2)13-22-6-3-5-21(14-22)9-12-29(36)33-17-25-26(30)7-4-8-27(25)31/h3-8,10-11,14-15,19-20,32,34-35H,9,12-13,16-18H2,1-2H3,(H,33,36). The molecular formula is C29H34Cl2N2O3. The molecule has 0 aliphatic carbocycles. The molecule has 0 bridgehead atoms. The van der Waals surface area contributed by atoms with Crippen LogP contribution in [0, 0.1) is 0 Å². The second-order valence-electron chi connectivity index (χ2n) is 9.26. The van der Waals surface area contributed by atoms with Crippen molar-refractivity contribution in [1.82, 2.24) is 10.6 Å². The van der Waals surface area contributed by atoms with Crippen molar-refractivity contribution in [3.05, 3.63) is 98.5 Å². The molecule has 3 rings (SSSR count). The second-order valence-corrected chi connectivity index (χ2v) is 10.1. The molecule has 36 heavy (non-hydrogen) atoms. The number of hydrogen-bond acceptors (Lipinski definition) is 4. The molecule has 0 radical (unpaired) electrons. The van der Waals surface area contributed by atoms with Crippen LogP contribution in [-0.4, -0.2) is 28.7 Å². The summed E-state index contributed by atoms with van der Waals surface area (Å²) in [6, 6.07) is 19.3. The van der Waals surface area contributed by atoms with Crippen molar-refractivity contribution in [3.8, 4) is 5.75 Å². The minimum atomic E-state index is -0.177. The Morgan fingerprint density at radius 2 is 1.67 bits per heavy atom. The van der Waals surface area contributed by atoms with Crippen molar-refractivity contribution in [3.63, 3.8) is 0 Å². The van der Waals surface area contributed by atoms with Crippen LogP contribution in [-0.2, 0) is 30.8 Å². The molecule has 1 amide bonds. The highest BCUT2D eigenvalue weighted by Gasteiger charge is 2.12. The number of carbonyl (C=O) groups excluding carboxylic acids is 1. The Kier molecular flexibility index (Phi) is 10.6. The van der Waals surface area contributed by atoms with Crippen molar-refractivity contribution >= 4 is 29.1 Å². The van der Waals surface area contributed by atoms with Crippen molar-refractivity contribution in [2.45, 2.75) is 58.2 Å². The number of carbonyl (C=O) groups is 1. The van der Waals surface area contributed by atoms with E-state index in [-0.39, 0.29) is 30.2 Å². The number of aryl methyl sites for hydroxylation is 1. The zero-order valence-corrected chi connectivity index (χ0v) is 22.2. The smallest absolute Gasteiger partial charge is 0.220 e. The monoisotopic (exact) mass is 528 g/mol. The summed E-state index contributed by atoms with van der Waals surface area (Å²) in [7, 11) is 0. The molecule has 192 valence electrons. The number of benzene rings is 3. The lowest BCUT2D eigenvalue weighted by Gasteiger charge is -2.19. The average Bonchev–Trinajstić information content (AvgIpc) is 2.86. The van der Waals surface area contributed by atoms with Gasteiger partial charge in [-0.25, -0.2) is 0 Å². The van der Waals surface area contributed by atoms with E-state index in [0.29, 0.717) is 35.0 Å². The first-order valence-electron chi connectivity index (χ1n) is 12.2. The molecular weight excluding hydrogens is 495 g/mol. The fourth-order valence-electron chi connectivity index (χ4n) is 4.11. The van der Waals surface area contributed by atoms with E-state index >= 15 is 0 Å². The van der Waals surface area contributed by atoms with Gasteiger partial charge in [-0.3, -0.25) is 4.79 Å². The lowest BCUT2D eigenvalue weighted by molar-refractivity contribution is -0.121. The summed E-state index contributed by atoms with van der Waals surface area (Å²) >= 11 is 12.3. The fraction of sp³-hybridized carbons (Fsp3) is 0.345. The number of nitrogens with one attached hydrogen (secondary N) is 2. The van der Waals surface area contributed by atoms with E-state index in [9.17, 15) is 15.0 Å². The van der Waals surface area contributed by atoms with Gasteiger partial charge in [0.05, 0.1) is 6.61 Å². The van der Waals surface area contributed by atoms with Crippen LogP contribution in [0.2, 0.25) is 10.0 Å². The number of halogens is 2. The van der Waals surface area contributed by atoms with Gasteiger partial charge in [0.15, 0.2) is 0 Å². The van der Waals surface area contributed by atoms with Crippen LogP contribution in [0.4, 0.5) is 0 Å². The van der Waals surface area contributed by atoms with E-state index in [1.165, 1.54) is 5.56 Å². The van der Waals surface area contributed by atoms with E-state index in [0.717, 1.165) is 29.7 Å². The highest BCUT2D eigenvalue weighted by atomic mass is 35.5. The number of aliphatic hydroxyl groups excluding tert-OH is 1. The molecule has 3 aromatic carbocycles. The number of aromatic hydroxyl groups is 1. The Bertz CT molecular complexity index is 1150. The van der Waals surface area contributed by atoms with Crippen LogP contribution in [0.1, 0.15) is 54.0 Å². The molecule has 0 aliphatic heterocycles. The molecule has 0 heterocycles. The van der Waals surface area contributed by atoms with Gasteiger partial charge < -0.3 is 20.8 Å². The Morgan fingerprint density at radius 3 is 2.39 bits per heavy atom. The Labute approximate surface area is 223 Å². The Hall–Kier alpha value is -2.57. The van der Waals surface area contributed by atoms with E-state index < -0.39 is 0 Å². The first kappa shape index (κ1) is 28.0. The highest BCUT2D eigenvalue weighted by molar-refractivity contribution is 6.36. The minimum Gasteiger partial charge on any atom is -0.508 e. The molecule has 3 aromatic rings. The van der Waals surface area contributed by atoms with Crippen LogP contribution >= 0.6 is 23.2 Å². The van der Waals surface area contributed by atoms with E-state index in [4.69, 9.17) is 23.2 Å². The van der Waals surface area contributed by atoms with Gasteiger partial charge in [-0.15, -0.1) is 0 Å². The normalized spacial score (nSPS) is 12.8. The van der Waals surface area contributed by atoms with Crippen molar-refractivity contribution in [1.29, 1.82) is 0 Å². The van der Waals surface area contributed by atoms with Gasteiger partial charge >= 0.3 is 0 Å². The molecule has 2 unspecified atom stereocenters. The van der Waals surface area contributed by atoms with Gasteiger partial charge in [0.1, 0.15) is 5.75 Å². The number of phenols is 1. The molecule has 2 atom stereocenters. The zero-order valence-electron chi connectivity index (χ0n) is 20.7. The molecule has 0 fully saturated rings. The van der Waals surface area contributed by atoms with Gasteiger partial charge in [0.25, 0.3) is 0 Å². The third-order valence-electron chi connectivity index (χ3n) is 6.31. The third kappa shape index (κ3) is 8.24. The summed E-state index contributed by atoms with van der Waals surface area (Å²) in [5.41, 5.74) is 4.70. The first-order chi connectivity index (χ1) is 17.3. The van der Waals surface area contributed by atoms with Crippen LogP contribution in [0.3, 0.4) is 0 Å². The molecule has 0 saturated carbocycles. The summed E-state index contributed by atoms with van der Waals surface area (Å²) in [6.45, 7) is 5.20. The van der Waals surface area contributed by atoms with Crippen LogP contribution in [0.5, 0.6) is 5.75 Å². The molecule has 5 nitrogen and oxygen atoms in total. The highest BCUT2D eigenvalue weighted by Crippen LogP contribution is 2.24. The topological polar surface area (TPSA) is 81.6 Å². The summed E-state index contributed by atoms with van der Waals surface area (Å²) < 4.78 is 0. The maximum atomic E-state index is 12.4. The van der Waals surface area contributed by atoms with Crippen LogP contribution in [0.15, 0.2) is 60.7 Å². The predicted octanol–water partition coefficient (Wildman–Crippen LogP) is 5.76. The minimum absolute atomic E-state index is 0.0426. The molecule has 0 spiro atoms. The Morgan fingerprint density at radius 1 is 0.972 bits per heavy atom. The number of rotatable bonds is 12. The molecule has 0 saturated heterocycles. The summed E-state index contributed by atoms with van der Waals surface area (Å²) in [5.74, 6) is 0.319. The second kappa shape index (κ2) is 13.7. The predicted molar refractivity (Wildman–Crippen MR) is 147 cm³/mol. The van der Waals surface area contributed by atoms with Gasteiger partial charge in [0, 0.05) is 46.7 Å². The van der Waals surface area contributed by atoms with Crippen molar-refractivity contribution < 1.29 is 15.0 Å². The number of hydrogen-bond donors (Lipinski definition) is 4. The van der Waals surface area contributed by atoms with E-state index in [1.807, 2.05) is 24.3 Å². The number of amides is 1. The lowest BCUT2D eigenvalue weighted by Crippen LogP contribution is -2.31. The molecule has 0 aromatic heterocycles. The van der Waals surface area contributed by atoms with Crippen LogP contribution < -0.4 is 10.6 Å². The molecule has 0 aliphatic rings. The van der Waals surface area contributed by atoms with Gasteiger partial charge in [-0.2, -0.15) is 0 Å². The lowest BCUT2D eigenvalue weighted by atomic mass is 9.97. The molecule has 7 heteroatoms. The van der Waals surface area contributed by atoms with Gasteiger partial charge in [-0.1, -0.05) is 66.5 Å². The number of aliphatic hydroxyl groups is 1. The largest absolute Gasteiger partial charge is 0.508 e. The maximum absolute atomic E-state index is 12.4. The summed E-state index contributed by atoms with van der Waals surface area (Å²) in [4.78, 5) is 12.4. The van der Waals surface area contributed by atoms with Crippen molar-refractivity contribution in [2.75, 3.05) is 6.54 Å². The van der Waals surface area contributed by atoms with E-state index in [1.54, 1.807) is 24.3 Å². The average molecular weight is 530 g/mol. The first-order valence-corrected chi connectivity index (χ1v) is 13.0. The maximum Gasteiger partial charge on any atom is 0.220 e. The summed E-state index contributed by atoms with van der Waals surface area (Å²) in [6.07, 6.45) is 1.91. The van der Waals surface area contributed by atoms with Crippen LogP contribution in [0.25, 0.3) is 0 Å². The van der Waals surface area contributed by atoms with Gasteiger partial charge in [0.2, 0.25) is 5.91 Å². The third-order valence-corrected chi connectivity index (χ3v) is 7.02. The quantitative estimate of drug-likeness (QED) is 0.240. The SMILES string of the molecule is CC(Cc1cccc(CCC(=O)NCc2c(Cl)cccc2Cl)c1)NCC(C)c1ccc(O)c(CO)c1.